The molecule has 0 unspecified atom stereocenters. The first-order valence-electron chi connectivity index (χ1n) is 10.4. The van der Waals surface area contributed by atoms with Crippen LogP contribution in [-0.4, -0.2) is 16.2 Å². The molecule has 0 aliphatic heterocycles. The molecule has 2 aromatic carbocycles. The van der Waals surface area contributed by atoms with E-state index in [-0.39, 0.29) is 11.0 Å². The van der Waals surface area contributed by atoms with Crippen molar-refractivity contribution in [1.29, 1.82) is 0 Å². The number of hydrogen-bond acceptors (Lipinski definition) is 2. The van der Waals surface area contributed by atoms with Gasteiger partial charge in [0.1, 0.15) is 5.75 Å². The summed E-state index contributed by atoms with van der Waals surface area (Å²) in [7, 11) is 0. The summed E-state index contributed by atoms with van der Waals surface area (Å²) >= 11 is 0. The number of rotatable bonds is 4. The Morgan fingerprint density at radius 3 is 1.93 bits per heavy atom. The van der Waals surface area contributed by atoms with Crippen molar-refractivity contribution in [2.75, 3.05) is 0 Å². The molecule has 0 saturated heterocycles. The average Bonchev–Trinajstić information content (AvgIpc) is 2.65. The van der Waals surface area contributed by atoms with Gasteiger partial charge in [-0.05, 0) is 91.0 Å². The average molecular weight is 374 g/mol. The van der Waals surface area contributed by atoms with Crippen LogP contribution < -0.4 is 0 Å². The molecule has 4 saturated carbocycles. The van der Waals surface area contributed by atoms with Crippen molar-refractivity contribution >= 4 is 18.1 Å². The van der Waals surface area contributed by atoms with Crippen molar-refractivity contribution in [3.05, 3.63) is 64.7 Å². The first kappa shape index (κ1) is 17.5. The highest BCUT2D eigenvalue weighted by Gasteiger charge is 2.52. The van der Waals surface area contributed by atoms with Gasteiger partial charge in [0.2, 0.25) is 0 Å². The molecule has 0 radical (unpaired) electrons. The predicted octanol–water partition coefficient (Wildman–Crippen LogP) is 5.73. The molecule has 4 bridgehead atoms. The Balaban J connectivity index is 1.37. The summed E-state index contributed by atoms with van der Waals surface area (Å²) in [6.07, 6.45) is 11.9. The molecule has 2 N–H and O–H groups in total. The molecule has 6 rings (SSSR count). The third-order valence-electron chi connectivity index (χ3n) is 7.26. The minimum atomic E-state index is -0.916. The topological polar surface area (TPSA) is 57.5 Å². The van der Waals surface area contributed by atoms with Gasteiger partial charge in [-0.25, -0.2) is 4.79 Å². The minimum Gasteiger partial charge on any atom is -0.508 e. The van der Waals surface area contributed by atoms with Crippen LogP contribution in [-0.2, 0) is 5.41 Å². The fourth-order valence-corrected chi connectivity index (χ4v) is 6.47. The summed E-state index contributed by atoms with van der Waals surface area (Å²) in [5.41, 5.74) is 3.56. The lowest BCUT2D eigenvalue weighted by Gasteiger charge is -2.57. The number of benzene rings is 2. The second-order valence-electron chi connectivity index (χ2n) is 9.23. The lowest BCUT2D eigenvalue weighted by atomic mass is 9.48. The van der Waals surface area contributed by atoms with E-state index in [1.165, 1.54) is 38.5 Å². The fraction of sp³-hybridized carbons (Fsp3) is 0.400. The van der Waals surface area contributed by atoms with Crippen LogP contribution >= 0.6 is 0 Å². The Hall–Kier alpha value is -2.55. The highest BCUT2D eigenvalue weighted by atomic mass is 16.4. The Bertz CT molecular complexity index is 903. The van der Waals surface area contributed by atoms with Gasteiger partial charge in [-0.1, -0.05) is 36.4 Å². The highest BCUT2D eigenvalue weighted by molar-refractivity contribution is 5.88. The first-order chi connectivity index (χ1) is 13.5. The molecule has 28 heavy (non-hydrogen) atoms. The van der Waals surface area contributed by atoms with E-state index in [0.717, 1.165) is 34.4 Å². The van der Waals surface area contributed by atoms with E-state index in [1.54, 1.807) is 24.3 Å². The number of carboxylic acid groups (broad SMARTS) is 1. The standard InChI is InChI=1S/C25H26O3/c26-23-12-17(2-1-16-3-6-21(7-4-16)24(27)28)5-8-22(23)25-13-18-9-19(14-25)11-20(10-18)15-25/h1-8,12,18-20,26H,9-11,13-15H2,(H,27,28)/b2-1+. The van der Waals surface area contributed by atoms with Gasteiger partial charge in [0.25, 0.3) is 0 Å². The molecule has 3 nitrogen and oxygen atoms in total. The summed E-state index contributed by atoms with van der Waals surface area (Å²) < 4.78 is 0. The van der Waals surface area contributed by atoms with Gasteiger partial charge in [0.05, 0.1) is 5.56 Å². The molecule has 4 aliphatic carbocycles. The number of aromatic carboxylic acids is 1. The van der Waals surface area contributed by atoms with Crippen molar-refractivity contribution in [3.63, 3.8) is 0 Å². The third kappa shape index (κ3) is 3.03. The monoisotopic (exact) mass is 374 g/mol. The van der Waals surface area contributed by atoms with E-state index in [2.05, 4.69) is 12.1 Å². The Morgan fingerprint density at radius 1 is 0.857 bits per heavy atom. The largest absolute Gasteiger partial charge is 0.508 e. The Kier molecular flexibility index (Phi) is 4.08. The molecule has 0 atom stereocenters. The zero-order valence-corrected chi connectivity index (χ0v) is 16.0. The lowest BCUT2D eigenvalue weighted by Crippen LogP contribution is -2.48. The van der Waals surface area contributed by atoms with E-state index >= 15 is 0 Å². The molecular formula is C25H26O3. The van der Waals surface area contributed by atoms with Crippen LogP contribution in [0.1, 0.15) is 65.6 Å². The molecule has 144 valence electrons. The van der Waals surface area contributed by atoms with Gasteiger partial charge in [-0.3, -0.25) is 0 Å². The molecule has 3 heteroatoms. The van der Waals surface area contributed by atoms with Gasteiger partial charge in [-0.2, -0.15) is 0 Å². The Morgan fingerprint density at radius 2 is 1.39 bits per heavy atom. The van der Waals surface area contributed by atoms with E-state index < -0.39 is 5.97 Å². The van der Waals surface area contributed by atoms with Crippen LogP contribution in [0.15, 0.2) is 42.5 Å². The number of aromatic hydroxyl groups is 1. The van der Waals surface area contributed by atoms with Gasteiger partial charge < -0.3 is 10.2 Å². The maximum Gasteiger partial charge on any atom is 0.335 e. The van der Waals surface area contributed by atoms with Crippen molar-refractivity contribution in [2.24, 2.45) is 17.8 Å². The number of carboxylic acids is 1. The van der Waals surface area contributed by atoms with Crippen LogP contribution in [0.5, 0.6) is 5.75 Å². The number of carbonyl (C=O) groups is 1. The van der Waals surface area contributed by atoms with Gasteiger partial charge in [0, 0.05) is 5.56 Å². The summed E-state index contributed by atoms with van der Waals surface area (Å²) in [6, 6.07) is 12.9. The molecule has 0 aromatic heterocycles. The molecule has 4 aliphatic rings. The van der Waals surface area contributed by atoms with Crippen molar-refractivity contribution in [2.45, 2.75) is 43.9 Å². The second-order valence-corrected chi connectivity index (χ2v) is 9.23. The Labute approximate surface area is 165 Å². The molecule has 4 fully saturated rings. The zero-order valence-electron chi connectivity index (χ0n) is 16.0. The maximum atomic E-state index is 10.9. The number of phenolic OH excluding ortho intramolecular Hbond substituents is 1. The van der Waals surface area contributed by atoms with Crippen LogP contribution in [0, 0.1) is 17.8 Å². The molecule has 0 spiro atoms. The van der Waals surface area contributed by atoms with Gasteiger partial charge in [-0.15, -0.1) is 0 Å². The predicted molar refractivity (Wildman–Crippen MR) is 110 cm³/mol. The molecule has 0 amide bonds. The maximum absolute atomic E-state index is 10.9. The smallest absolute Gasteiger partial charge is 0.335 e. The van der Waals surface area contributed by atoms with Gasteiger partial charge >= 0.3 is 5.97 Å². The normalized spacial score (nSPS) is 30.8. The van der Waals surface area contributed by atoms with Crippen molar-refractivity contribution in [1.82, 2.24) is 0 Å². The highest BCUT2D eigenvalue weighted by Crippen LogP contribution is 2.61. The molecule has 2 aromatic rings. The van der Waals surface area contributed by atoms with E-state index in [1.807, 2.05) is 18.2 Å². The van der Waals surface area contributed by atoms with E-state index in [9.17, 15) is 9.90 Å². The van der Waals surface area contributed by atoms with Gasteiger partial charge in [0.15, 0.2) is 0 Å². The zero-order chi connectivity index (χ0) is 19.3. The summed E-state index contributed by atoms with van der Waals surface area (Å²) in [4.78, 5) is 10.9. The molecular weight excluding hydrogens is 348 g/mol. The second kappa shape index (κ2) is 6.51. The summed E-state index contributed by atoms with van der Waals surface area (Å²) in [5.74, 6) is 2.10. The summed E-state index contributed by atoms with van der Waals surface area (Å²) in [6.45, 7) is 0. The van der Waals surface area contributed by atoms with Crippen LogP contribution in [0.2, 0.25) is 0 Å². The van der Waals surface area contributed by atoms with Crippen LogP contribution in [0.3, 0.4) is 0 Å². The number of phenols is 1. The quantitative estimate of drug-likeness (QED) is 0.672. The van der Waals surface area contributed by atoms with Crippen molar-refractivity contribution < 1.29 is 15.0 Å². The third-order valence-corrected chi connectivity index (χ3v) is 7.26. The minimum absolute atomic E-state index is 0.202. The first-order valence-corrected chi connectivity index (χ1v) is 10.4. The van der Waals surface area contributed by atoms with E-state index in [0.29, 0.717) is 5.75 Å². The number of hydrogen-bond donors (Lipinski definition) is 2. The SMILES string of the molecule is O=C(O)c1ccc(/C=C/c2ccc(C34CC5CC(CC(C5)C3)C4)c(O)c2)cc1. The van der Waals surface area contributed by atoms with E-state index in [4.69, 9.17) is 5.11 Å². The fourth-order valence-electron chi connectivity index (χ4n) is 6.47. The molecule has 0 heterocycles. The van der Waals surface area contributed by atoms with Crippen LogP contribution in [0.25, 0.3) is 12.2 Å². The lowest BCUT2D eigenvalue weighted by molar-refractivity contribution is -0.00613. The van der Waals surface area contributed by atoms with Crippen LogP contribution in [0.4, 0.5) is 0 Å². The summed E-state index contributed by atoms with van der Waals surface area (Å²) in [5, 5.41) is 19.8. The van der Waals surface area contributed by atoms with Crippen molar-refractivity contribution in [3.8, 4) is 5.75 Å².